The van der Waals surface area contributed by atoms with Crippen LogP contribution in [0.1, 0.15) is 18.9 Å². The maximum Gasteiger partial charge on any atom is 0.221 e. The molecule has 1 rings (SSSR count). The van der Waals surface area contributed by atoms with Crippen LogP contribution in [0, 0.1) is 0 Å². The maximum absolute atomic E-state index is 11.9. The standard InChI is InChI=1S/C17H26ClN3O2/c1-14(22)21(13-12-20(2)3)11-9-17(23)19-10-8-15-4-6-16(18)7-5-15/h4-7H,8-13H2,1-3H3,(H,19,23). The molecule has 6 heteroatoms. The highest BCUT2D eigenvalue weighted by molar-refractivity contribution is 6.30. The summed E-state index contributed by atoms with van der Waals surface area (Å²) in [5, 5.41) is 3.59. The second-order valence-corrected chi connectivity index (χ2v) is 6.22. The third-order valence-corrected chi connectivity index (χ3v) is 3.77. The van der Waals surface area contributed by atoms with Gasteiger partial charge in [0.1, 0.15) is 0 Å². The summed E-state index contributed by atoms with van der Waals surface area (Å²) in [5.41, 5.74) is 1.13. The van der Waals surface area contributed by atoms with Gasteiger partial charge in [-0.1, -0.05) is 23.7 Å². The van der Waals surface area contributed by atoms with Gasteiger partial charge in [0.05, 0.1) is 0 Å². The predicted molar refractivity (Wildman–Crippen MR) is 93.6 cm³/mol. The molecule has 0 aliphatic carbocycles. The zero-order valence-electron chi connectivity index (χ0n) is 14.1. The highest BCUT2D eigenvalue weighted by Gasteiger charge is 2.11. The Balaban J connectivity index is 2.26. The number of hydrogen-bond donors (Lipinski definition) is 1. The van der Waals surface area contributed by atoms with E-state index in [1.54, 1.807) is 4.90 Å². The fourth-order valence-corrected chi connectivity index (χ4v) is 2.20. The Morgan fingerprint density at radius 2 is 1.74 bits per heavy atom. The Kier molecular flexibility index (Phi) is 8.66. The summed E-state index contributed by atoms with van der Waals surface area (Å²) >= 11 is 5.83. The van der Waals surface area contributed by atoms with Crippen molar-refractivity contribution in [2.24, 2.45) is 0 Å². The third-order valence-electron chi connectivity index (χ3n) is 3.52. The van der Waals surface area contributed by atoms with Crippen molar-refractivity contribution < 1.29 is 9.59 Å². The van der Waals surface area contributed by atoms with Gasteiger partial charge in [-0.25, -0.2) is 0 Å². The summed E-state index contributed by atoms with van der Waals surface area (Å²) < 4.78 is 0. The number of nitrogens with zero attached hydrogens (tertiary/aromatic N) is 2. The molecule has 1 N–H and O–H groups in total. The van der Waals surface area contributed by atoms with Crippen molar-refractivity contribution in [1.82, 2.24) is 15.1 Å². The Morgan fingerprint density at radius 3 is 2.30 bits per heavy atom. The van der Waals surface area contributed by atoms with E-state index >= 15 is 0 Å². The molecule has 0 atom stereocenters. The lowest BCUT2D eigenvalue weighted by Gasteiger charge is -2.22. The van der Waals surface area contributed by atoms with Crippen LogP contribution in [0.15, 0.2) is 24.3 Å². The second-order valence-electron chi connectivity index (χ2n) is 5.79. The number of carbonyl (C=O) groups excluding carboxylic acids is 2. The fourth-order valence-electron chi connectivity index (χ4n) is 2.07. The first-order valence-corrected chi connectivity index (χ1v) is 8.17. The molecule has 0 fully saturated rings. The smallest absolute Gasteiger partial charge is 0.221 e. The van der Waals surface area contributed by atoms with Gasteiger partial charge in [0.2, 0.25) is 11.8 Å². The molecule has 23 heavy (non-hydrogen) atoms. The number of halogens is 1. The lowest BCUT2D eigenvalue weighted by atomic mass is 10.1. The molecule has 0 bridgehead atoms. The average molecular weight is 340 g/mol. The van der Waals surface area contributed by atoms with Crippen LogP contribution in [0.3, 0.4) is 0 Å². The first-order valence-electron chi connectivity index (χ1n) is 7.80. The van der Waals surface area contributed by atoms with Gasteiger partial charge in [0, 0.05) is 44.5 Å². The number of rotatable bonds is 9. The fraction of sp³-hybridized carbons (Fsp3) is 0.529. The van der Waals surface area contributed by atoms with Gasteiger partial charge in [0.15, 0.2) is 0 Å². The van der Waals surface area contributed by atoms with Gasteiger partial charge < -0.3 is 15.1 Å². The Labute approximate surface area is 143 Å². The van der Waals surface area contributed by atoms with E-state index in [9.17, 15) is 9.59 Å². The minimum Gasteiger partial charge on any atom is -0.356 e. The van der Waals surface area contributed by atoms with Crippen molar-refractivity contribution in [3.8, 4) is 0 Å². The maximum atomic E-state index is 11.9. The molecule has 2 amide bonds. The van der Waals surface area contributed by atoms with E-state index in [1.165, 1.54) is 6.92 Å². The molecule has 0 aliphatic heterocycles. The molecule has 0 aliphatic rings. The van der Waals surface area contributed by atoms with Crippen molar-refractivity contribution >= 4 is 23.4 Å². The third kappa shape index (κ3) is 8.57. The highest BCUT2D eigenvalue weighted by atomic mass is 35.5. The normalized spacial score (nSPS) is 10.7. The summed E-state index contributed by atoms with van der Waals surface area (Å²) in [4.78, 5) is 27.2. The molecule has 0 saturated heterocycles. The van der Waals surface area contributed by atoms with Gasteiger partial charge in [0.25, 0.3) is 0 Å². The minimum absolute atomic E-state index is 0.000754. The van der Waals surface area contributed by atoms with E-state index < -0.39 is 0 Å². The van der Waals surface area contributed by atoms with Gasteiger partial charge in [-0.05, 0) is 38.2 Å². The monoisotopic (exact) mass is 339 g/mol. The van der Waals surface area contributed by atoms with Crippen LogP contribution in [0.4, 0.5) is 0 Å². The first kappa shape index (κ1) is 19.5. The Bertz CT molecular complexity index is 503. The molecule has 128 valence electrons. The average Bonchev–Trinajstić information content (AvgIpc) is 2.48. The number of nitrogens with one attached hydrogen (secondary N) is 1. The van der Waals surface area contributed by atoms with Crippen molar-refractivity contribution in [2.75, 3.05) is 40.3 Å². The van der Waals surface area contributed by atoms with E-state index in [1.807, 2.05) is 43.3 Å². The quantitative estimate of drug-likeness (QED) is 0.746. The molecule has 0 aromatic heterocycles. The number of benzene rings is 1. The van der Waals surface area contributed by atoms with Gasteiger partial charge >= 0.3 is 0 Å². The van der Waals surface area contributed by atoms with E-state index in [0.29, 0.717) is 31.1 Å². The summed E-state index contributed by atoms with van der Waals surface area (Å²) in [5.74, 6) is -0.0316. The lowest BCUT2D eigenvalue weighted by Crippen LogP contribution is -2.38. The minimum atomic E-state index is -0.0323. The molecular weight excluding hydrogens is 314 g/mol. The lowest BCUT2D eigenvalue weighted by molar-refractivity contribution is -0.129. The first-order chi connectivity index (χ1) is 10.9. The van der Waals surface area contributed by atoms with Crippen LogP contribution in [0.2, 0.25) is 5.02 Å². The Hall–Kier alpha value is -1.59. The van der Waals surface area contributed by atoms with Crippen LogP contribution in [0.25, 0.3) is 0 Å². The second kappa shape index (κ2) is 10.2. The van der Waals surface area contributed by atoms with Crippen molar-refractivity contribution in [3.63, 3.8) is 0 Å². The number of hydrogen-bond acceptors (Lipinski definition) is 3. The topological polar surface area (TPSA) is 52.7 Å². The predicted octanol–water partition coefficient (Wildman–Crippen LogP) is 1.80. The molecular formula is C17H26ClN3O2. The van der Waals surface area contributed by atoms with Gasteiger partial charge in [-0.15, -0.1) is 0 Å². The summed E-state index contributed by atoms with van der Waals surface area (Å²) in [6.07, 6.45) is 1.09. The summed E-state index contributed by atoms with van der Waals surface area (Å²) in [6.45, 7) is 4.00. The summed E-state index contributed by atoms with van der Waals surface area (Å²) in [7, 11) is 3.92. The van der Waals surface area contributed by atoms with Crippen molar-refractivity contribution in [1.29, 1.82) is 0 Å². The Morgan fingerprint density at radius 1 is 1.09 bits per heavy atom. The molecule has 0 unspecified atom stereocenters. The van der Waals surface area contributed by atoms with E-state index in [0.717, 1.165) is 18.5 Å². The van der Waals surface area contributed by atoms with Gasteiger partial charge in [-0.3, -0.25) is 9.59 Å². The summed E-state index contributed by atoms with van der Waals surface area (Å²) in [6, 6.07) is 7.59. The molecule has 0 spiro atoms. The van der Waals surface area contributed by atoms with E-state index in [-0.39, 0.29) is 11.8 Å². The highest BCUT2D eigenvalue weighted by Crippen LogP contribution is 2.09. The number of carbonyl (C=O) groups is 2. The van der Waals surface area contributed by atoms with Crippen molar-refractivity contribution in [2.45, 2.75) is 19.8 Å². The van der Waals surface area contributed by atoms with Crippen LogP contribution in [-0.2, 0) is 16.0 Å². The SMILES string of the molecule is CC(=O)N(CCC(=O)NCCc1ccc(Cl)cc1)CCN(C)C. The molecule has 0 heterocycles. The molecule has 0 saturated carbocycles. The number of amides is 2. The largest absolute Gasteiger partial charge is 0.356 e. The molecule has 1 aromatic rings. The van der Waals surface area contributed by atoms with Crippen LogP contribution >= 0.6 is 11.6 Å². The molecule has 1 aromatic carbocycles. The molecule has 0 radical (unpaired) electrons. The van der Waals surface area contributed by atoms with E-state index in [2.05, 4.69) is 5.32 Å². The van der Waals surface area contributed by atoms with Crippen LogP contribution in [0.5, 0.6) is 0 Å². The van der Waals surface area contributed by atoms with Crippen molar-refractivity contribution in [3.05, 3.63) is 34.9 Å². The van der Waals surface area contributed by atoms with Crippen LogP contribution < -0.4 is 5.32 Å². The zero-order chi connectivity index (χ0) is 17.2. The van der Waals surface area contributed by atoms with Gasteiger partial charge in [-0.2, -0.15) is 0 Å². The van der Waals surface area contributed by atoms with Crippen LogP contribution in [-0.4, -0.2) is 61.9 Å². The molecule has 5 nitrogen and oxygen atoms in total. The zero-order valence-corrected chi connectivity index (χ0v) is 14.9. The van der Waals surface area contributed by atoms with E-state index in [4.69, 9.17) is 11.6 Å². The number of likely N-dealkylation sites (N-methyl/N-ethyl adjacent to an activating group) is 1.